The molecular formula is C13H17NO2. The van der Waals surface area contributed by atoms with E-state index in [2.05, 4.69) is 5.32 Å². The minimum atomic E-state index is -0.475. The second kappa shape index (κ2) is 4.66. The molecule has 0 aliphatic carbocycles. The van der Waals surface area contributed by atoms with Crippen molar-refractivity contribution in [3.63, 3.8) is 0 Å². The van der Waals surface area contributed by atoms with E-state index in [1.165, 1.54) is 0 Å². The zero-order valence-corrected chi connectivity index (χ0v) is 9.53. The van der Waals surface area contributed by atoms with Crippen molar-refractivity contribution in [3.8, 4) is 0 Å². The van der Waals surface area contributed by atoms with Gasteiger partial charge in [-0.25, -0.2) is 0 Å². The molecule has 0 saturated carbocycles. The van der Waals surface area contributed by atoms with E-state index in [9.17, 15) is 4.79 Å². The molecule has 0 bridgehead atoms. The van der Waals surface area contributed by atoms with Gasteiger partial charge in [-0.1, -0.05) is 30.3 Å². The van der Waals surface area contributed by atoms with Crippen LogP contribution in [0.3, 0.4) is 0 Å². The molecule has 1 fully saturated rings. The van der Waals surface area contributed by atoms with Gasteiger partial charge in [0.2, 0.25) is 0 Å². The Morgan fingerprint density at radius 2 is 2.19 bits per heavy atom. The molecule has 1 atom stereocenters. The van der Waals surface area contributed by atoms with Crippen molar-refractivity contribution >= 4 is 5.97 Å². The van der Waals surface area contributed by atoms with E-state index >= 15 is 0 Å². The van der Waals surface area contributed by atoms with Crippen molar-refractivity contribution in [1.29, 1.82) is 0 Å². The van der Waals surface area contributed by atoms with E-state index in [4.69, 9.17) is 4.74 Å². The number of hydrogen-bond donors (Lipinski definition) is 1. The van der Waals surface area contributed by atoms with E-state index in [-0.39, 0.29) is 5.97 Å². The van der Waals surface area contributed by atoms with Crippen LogP contribution in [-0.4, -0.2) is 25.7 Å². The number of nitrogens with one attached hydrogen (secondary N) is 1. The maximum Gasteiger partial charge on any atom is 0.317 e. The van der Waals surface area contributed by atoms with Gasteiger partial charge in [-0.05, 0) is 25.5 Å². The summed E-state index contributed by atoms with van der Waals surface area (Å²) in [7, 11) is 0. The minimum Gasteiger partial charge on any atom is -0.465 e. The summed E-state index contributed by atoms with van der Waals surface area (Å²) in [4.78, 5) is 12.1. The number of hydrogen-bond acceptors (Lipinski definition) is 3. The smallest absolute Gasteiger partial charge is 0.317 e. The second-order valence-electron chi connectivity index (χ2n) is 4.10. The highest BCUT2D eigenvalue weighted by molar-refractivity contribution is 5.84. The van der Waals surface area contributed by atoms with Gasteiger partial charge in [-0.3, -0.25) is 4.79 Å². The van der Waals surface area contributed by atoms with Crippen molar-refractivity contribution in [3.05, 3.63) is 35.9 Å². The van der Waals surface area contributed by atoms with Crippen LogP contribution in [0.2, 0.25) is 0 Å². The van der Waals surface area contributed by atoms with Gasteiger partial charge in [-0.2, -0.15) is 0 Å². The van der Waals surface area contributed by atoms with Crippen LogP contribution in [-0.2, 0) is 14.9 Å². The lowest BCUT2D eigenvalue weighted by Crippen LogP contribution is -2.39. The molecular weight excluding hydrogens is 202 g/mol. The summed E-state index contributed by atoms with van der Waals surface area (Å²) in [6.45, 7) is 3.83. The molecule has 3 nitrogen and oxygen atoms in total. The van der Waals surface area contributed by atoms with Crippen LogP contribution >= 0.6 is 0 Å². The first-order valence-electron chi connectivity index (χ1n) is 5.73. The van der Waals surface area contributed by atoms with Gasteiger partial charge in [0.25, 0.3) is 0 Å². The number of rotatable bonds is 3. The Labute approximate surface area is 95.8 Å². The Balaban J connectivity index is 2.32. The first kappa shape index (κ1) is 11.1. The van der Waals surface area contributed by atoms with Crippen LogP contribution in [0.5, 0.6) is 0 Å². The van der Waals surface area contributed by atoms with Crippen LogP contribution in [0, 0.1) is 0 Å². The molecule has 3 heteroatoms. The molecule has 1 heterocycles. The third kappa shape index (κ3) is 1.83. The summed E-state index contributed by atoms with van der Waals surface area (Å²) in [5.41, 5.74) is 0.579. The first-order chi connectivity index (χ1) is 7.79. The lowest BCUT2D eigenvalue weighted by molar-refractivity contribution is -0.149. The highest BCUT2D eigenvalue weighted by atomic mass is 16.5. The molecule has 1 aromatic rings. The Hall–Kier alpha value is -1.35. The molecule has 86 valence electrons. The summed E-state index contributed by atoms with van der Waals surface area (Å²) in [6.07, 6.45) is 0.815. The van der Waals surface area contributed by atoms with Crippen LogP contribution in [0.1, 0.15) is 18.9 Å². The summed E-state index contributed by atoms with van der Waals surface area (Å²) in [5.74, 6) is -0.105. The van der Waals surface area contributed by atoms with E-state index in [1.54, 1.807) is 0 Å². The molecule has 1 aliphatic heterocycles. The quantitative estimate of drug-likeness (QED) is 0.783. The number of carbonyl (C=O) groups excluding carboxylic acids is 1. The average molecular weight is 219 g/mol. The monoisotopic (exact) mass is 219 g/mol. The van der Waals surface area contributed by atoms with Gasteiger partial charge in [0.15, 0.2) is 0 Å². The molecule has 1 aliphatic rings. The van der Waals surface area contributed by atoms with E-state index in [0.717, 1.165) is 18.5 Å². The Morgan fingerprint density at radius 3 is 2.75 bits per heavy atom. The maximum atomic E-state index is 12.1. The molecule has 1 N–H and O–H groups in total. The lowest BCUT2D eigenvalue weighted by atomic mass is 9.80. The normalized spacial score (nSPS) is 24.3. The number of ether oxygens (including phenoxy) is 1. The molecule has 1 saturated heterocycles. The number of carbonyl (C=O) groups is 1. The largest absolute Gasteiger partial charge is 0.465 e. The Bertz CT molecular complexity index is 355. The molecule has 1 aromatic carbocycles. The van der Waals surface area contributed by atoms with Crippen LogP contribution in [0.15, 0.2) is 30.3 Å². The fraction of sp³-hybridized carbons (Fsp3) is 0.462. The van der Waals surface area contributed by atoms with Crippen LogP contribution in [0.4, 0.5) is 0 Å². The van der Waals surface area contributed by atoms with Crippen molar-refractivity contribution in [2.45, 2.75) is 18.8 Å². The van der Waals surface area contributed by atoms with Crippen molar-refractivity contribution in [2.75, 3.05) is 19.7 Å². The predicted octanol–water partition coefficient (Wildman–Crippen LogP) is 1.48. The van der Waals surface area contributed by atoms with Crippen molar-refractivity contribution in [1.82, 2.24) is 5.32 Å². The molecule has 0 amide bonds. The van der Waals surface area contributed by atoms with Crippen molar-refractivity contribution < 1.29 is 9.53 Å². The number of esters is 1. The summed E-state index contributed by atoms with van der Waals surface area (Å²) < 4.78 is 5.20. The fourth-order valence-corrected chi connectivity index (χ4v) is 2.26. The molecule has 2 rings (SSSR count). The van der Waals surface area contributed by atoms with Gasteiger partial charge in [0.1, 0.15) is 5.41 Å². The highest BCUT2D eigenvalue weighted by Gasteiger charge is 2.44. The zero-order chi connectivity index (χ0) is 11.4. The summed E-state index contributed by atoms with van der Waals surface area (Å²) in [6, 6.07) is 9.90. The van der Waals surface area contributed by atoms with Crippen LogP contribution in [0.25, 0.3) is 0 Å². The standard InChI is InChI=1S/C13H17NO2/c1-2-16-12(15)13(8-9-14-10-13)11-6-4-3-5-7-11/h3-7,14H,2,8-10H2,1H3/t13-/m1/s1. The predicted molar refractivity (Wildman–Crippen MR) is 62.2 cm³/mol. The van der Waals surface area contributed by atoms with Crippen LogP contribution < -0.4 is 5.32 Å². The molecule has 0 unspecified atom stereocenters. The van der Waals surface area contributed by atoms with Gasteiger partial charge in [0, 0.05) is 6.54 Å². The lowest BCUT2D eigenvalue weighted by Gasteiger charge is -2.26. The topological polar surface area (TPSA) is 38.3 Å². The minimum absolute atomic E-state index is 0.105. The third-order valence-corrected chi connectivity index (χ3v) is 3.15. The summed E-state index contributed by atoms with van der Waals surface area (Å²) >= 11 is 0. The Kier molecular flexibility index (Phi) is 3.25. The molecule has 0 aromatic heterocycles. The van der Waals surface area contributed by atoms with E-state index < -0.39 is 5.41 Å². The zero-order valence-electron chi connectivity index (χ0n) is 9.53. The van der Waals surface area contributed by atoms with Gasteiger partial charge in [-0.15, -0.1) is 0 Å². The van der Waals surface area contributed by atoms with Gasteiger partial charge >= 0.3 is 5.97 Å². The summed E-state index contributed by atoms with van der Waals surface area (Å²) in [5, 5.41) is 3.25. The molecule has 16 heavy (non-hydrogen) atoms. The SMILES string of the molecule is CCOC(=O)[C@]1(c2ccccc2)CCNC1. The molecule has 0 spiro atoms. The molecule has 0 radical (unpaired) electrons. The van der Waals surface area contributed by atoms with Crippen molar-refractivity contribution in [2.24, 2.45) is 0 Å². The highest BCUT2D eigenvalue weighted by Crippen LogP contribution is 2.32. The fourth-order valence-electron chi connectivity index (χ4n) is 2.26. The first-order valence-corrected chi connectivity index (χ1v) is 5.73. The third-order valence-electron chi connectivity index (χ3n) is 3.15. The van der Waals surface area contributed by atoms with E-state index in [0.29, 0.717) is 13.2 Å². The Morgan fingerprint density at radius 1 is 1.44 bits per heavy atom. The van der Waals surface area contributed by atoms with Gasteiger partial charge in [0.05, 0.1) is 6.61 Å². The van der Waals surface area contributed by atoms with E-state index in [1.807, 2.05) is 37.3 Å². The maximum absolute atomic E-state index is 12.1. The van der Waals surface area contributed by atoms with Gasteiger partial charge < -0.3 is 10.1 Å². The average Bonchev–Trinajstić information content (AvgIpc) is 2.81. The number of benzene rings is 1. The second-order valence-corrected chi connectivity index (χ2v) is 4.10.